The molecule has 2 heterocycles. The molecule has 1 N–H and O–H groups in total. The van der Waals surface area contributed by atoms with Crippen molar-refractivity contribution in [1.29, 1.82) is 0 Å². The van der Waals surface area contributed by atoms with Crippen molar-refractivity contribution in [2.45, 2.75) is 10.8 Å². The monoisotopic (exact) mass is 341 g/mol. The van der Waals surface area contributed by atoms with Gasteiger partial charge in [0.1, 0.15) is 10.9 Å². The molecule has 25 heavy (non-hydrogen) atoms. The van der Waals surface area contributed by atoms with Crippen molar-refractivity contribution in [2.24, 2.45) is 0 Å². The molecule has 0 aliphatic rings. The van der Waals surface area contributed by atoms with E-state index in [-0.39, 0.29) is 0 Å². The van der Waals surface area contributed by atoms with Crippen LogP contribution >= 0.6 is 11.8 Å². The molecule has 5 rings (SSSR count). The summed E-state index contributed by atoms with van der Waals surface area (Å²) >= 11 is 1.73. The molecule has 4 heteroatoms. The predicted octanol–water partition coefficient (Wildman–Crippen LogP) is 5.56. The molecule has 5 aromatic rings. The molecule has 0 unspecified atom stereocenters. The molecule has 3 aromatic carbocycles. The van der Waals surface area contributed by atoms with Crippen molar-refractivity contribution < 1.29 is 0 Å². The highest BCUT2D eigenvalue weighted by atomic mass is 32.2. The number of hydrogen-bond donors (Lipinski definition) is 1. The zero-order valence-corrected chi connectivity index (χ0v) is 14.3. The summed E-state index contributed by atoms with van der Waals surface area (Å²) in [5, 5.41) is 4.70. The van der Waals surface area contributed by atoms with Crippen LogP contribution in [0.4, 0.5) is 0 Å². The normalized spacial score (nSPS) is 11.5. The fraction of sp³-hybridized carbons (Fsp3) is 0.0476. The molecule has 0 spiro atoms. The van der Waals surface area contributed by atoms with Crippen molar-refractivity contribution in [3.63, 3.8) is 0 Å². The second kappa shape index (κ2) is 5.90. The largest absolute Gasteiger partial charge is 0.341 e. The Bertz CT molecular complexity index is 1180. The van der Waals surface area contributed by atoms with E-state index in [9.17, 15) is 0 Å². The molecule has 0 radical (unpaired) electrons. The number of H-pyrrole nitrogens is 1. The number of hydrogen-bond acceptors (Lipinski definition) is 3. The third kappa shape index (κ3) is 2.55. The summed E-state index contributed by atoms with van der Waals surface area (Å²) in [6.07, 6.45) is 0. The summed E-state index contributed by atoms with van der Waals surface area (Å²) < 4.78 is 0. The van der Waals surface area contributed by atoms with Crippen LogP contribution in [-0.4, -0.2) is 15.0 Å². The molecule has 0 bridgehead atoms. The number of para-hydroxylation sites is 3. The zero-order chi connectivity index (χ0) is 16.6. The van der Waals surface area contributed by atoms with Gasteiger partial charge in [-0.2, -0.15) is 0 Å². The molecule has 0 atom stereocenters. The predicted molar refractivity (Wildman–Crippen MR) is 105 cm³/mol. The SMILES string of the molecule is c1ccc2[nH]c(CSc3nc4ccccc4c4ccccc34)nc2c1. The van der Waals surface area contributed by atoms with Crippen LogP contribution in [0, 0.1) is 0 Å². The smallest absolute Gasteiger partial charge is 0.117 e. The van der Waals surface area contributed by atoms with Gasteiger partial charge in [0.25, 0.3) is 0 Å². The van der Waals surface area contributed by atoms with E-state index in [2.05, 4.69) is 58.5 Å². The number of nitrogens with zero attached hydrogens (tertiary/aromatic N) is 2. The number of nitrogens with one attached hydrogen (secondary N) is 1. The van der Waals surface area contributed by atoms with Crippen LogP contribution in [-0.2, 0) is 5.75 Å². The van der Waals surface area contributed by atoms with Gasteiger partial charge < -0.3 is 4.98 Å². The highest BCUT2D eigenvalue weighted by molar-refractivity contribution is 7.98. The van der Waals surface area contributed by atoms with E-state index in [4.69, 9.17) is 4.98 Å². The Labute approximate surface area is 149 Å². The van der Waals surface area contributed by atoms with Gasteiger partial charge in [-0.05, 0) is 23.6 Å². The van der Waals surface area contributed by atoms with Crippen LogP contribution in [0.3, 0.4) is 0 Å². The van der Waals surface area contributed by atoms with Gasteiger partial charge in [0.15, 0.2) is 0 Å². The van der Waals surface area contributed by atoms with Gasteiger partial charge in [0.05, 0.1) is 22.3 Å². The molecule has 0 aliphatic heterocycles. The minimum Gasteiger partial charge on any atom is -0.341 e. The number of aromatic amines is 1. The highest BCUT2D eigenvalue weighted by Crippen LogP contribution is 2.33. The average molecular weight is 341 g/mol. The Kier molecular flexibility index (Phi) is 3.42. The van der Waals surface area contributed by atoms with Crippen LogP contribution < -0.4 is 0 Å². The number of thioether (sulfide) groups is 1. The van der Waals surface area contributed by atoms with Crippen molar-refractivity contribution in [1.82, 2.24) is 15.0 Å². The van der Waals surface area contributed by atoms with E-state index in [1.54, 1.807) is 11.8 Å². The average Bonchev–Trinajstić information content (AvgIpc) is 3.09. The van der Waals surface area contributed by atoms with E-state index >= 15 is 0 Å². The van der Waals surface area contributed by atoms with E-state index < -0.39 is 0 Å². The first-order chi connectivity index (χ1) is 12.4. The maximum absolute atomic E-state index is 4.89. The fourth-order valence-electron chi connectivity index (χ4n) is 3.19. The van der Waals surface area contributed by atoms with E-state index in [1.165, 1.54) is 16.2 Å². The van der Waals surface area contributed by atoms with Crippen LogP contribution in [0.5, 0.6) is 0 Å². The molecule has 0 saturated carbocycles. The van der Waals surface area contributed by atoms with Crippen LogP contribution in [0.15, 0.2) is 77.8 Å². The Morgan fingerprint density at radius 2 is 1.36 bits per heavy atom. The second-order valence-corrected chi connectivity index (χ2v) is 6.93. The van der Waals surface area contributed by atoms with Gasteiger partial charge in [0.2, 0.25) is 0 Å². The molecule has 2 aromatic heterocycles. The Morgan fingerprint density at radius 1 is 0.680 bits per heavy atom. The number of aromatic nitrogens is 3. The Morgan fingerprint density at radius 3 is 2.20 bits per heavy atom. The van der Waals surface area contributed by atoms with Crippen molar-refractivity contribution in [2.75, 3.05) is 0 Å². The first-order valence-corrected chi connectivity index (χ1v) is 9.21. The zero-order valence-electron chi connectivity index (χ0n) is 13.4. The van der Waals surface area contributed by atoms with Crippen LogP contribution in [0.1, 0.15) is 5.82 Å². The maximum atomic E-state index is 4.89. The minimum absolute atomic E-state index is 0.768. The van der Waals surface area contributed by atoms with Crippen molar-refractivity contribution >= 4 is 44.5 Å². The lowest BCUT2D eigenvalue weighted by Crippen LogP contribution is -1.89. The third-order valence-corrected chi connectivity index (χ3v) is 5.36. The van der Waals surface area contributed by atoms with Gasteiger partial charge in [-0.25, -0.2) is 9.97 Å². The van der Waals surface area contributed by atoms with E-state index in [1.807, 2.05) is 24.3 Å². The summed E-state index contributed by atoms with van der Waals surface area (Å²) in [6, 6.07) is 24.9. The summed E-state index contributed by atoms with van der Waals surface area (Å²) in [5.74, 6) is 1.74. The number of rotatable bonds is 3. The summed E-state index contributed by atoms with van der Waals surface area (Å²) in [6.45, 7) is 0. The third-order valence-electron chi connectivity index (χ3n) is 4.36. The maximum Gasteiger partial charge on any atom is 0.117 e. The fourth-order valence-corrected chi connectivity index (χ4v) is 4.10. The van der Waals surface area contributed by atoms with Crippen LogP contribution in [0.2, 0.25) is 0 Å². The Hall–Kier alpha value is -2.85. The number of fused-ring (bicyclic) bond motifs is 4. The number of benzene rings is 3. The molecule has 0 fully saturated rings. The molecule has 0 aliphatic carbocycles. The van der Waals surface area contributed by atoms with E-state index in [0.717, 1.165) is 33.2 Å². The lowest BCUT2D eigenvalue weighted by Gasteiger charge is -2.08. The standard InChI is InChI=1S/C21H15N3S/c1-2-9-16-14(7-1)15-8-3-4-10-17(15)24-21(16)25-13-20-22-18-11-5-6-12-19(18)23-20/h1-12H,13H2,(H,22,23). The first-order valence-electron chi connectivity index (χ1n) is 8.22. The molecular weight excluding hydrogens is 326 g/mol. The van der Waals surface area contributed by atoms with Gasteiger partial charge in [-0.1, -0.05) is 66.4 Å². The molecular formula is C21H15N3S. The molecule has 0 saturated heterocycles. The first kappa shape index (κ1) is 14.5. The van der Waals surface area contributed by atoms with Crippen molar-refractivity contribution in [3.8, 4) is 0 Å². The van der Waals surface area contributed by atoms with E-state index in [0.29, 0.717) is 0 Å². The molecule has 0 amide bonds. The number of imidazole rings is 1. The van der Waals surface area contributed by atoms with Gasteiger partial charge in [0, 0.05) is 10.8 Å². The molecule has 120 valence electrons. The minimum atomic E-state index is 0.768. The van der Waals surface area contributed by atoms with Crippen molar-refractivity contribution in [3.05, 3.63) is 78.6 Å². The van der Waals surface area contributed by atoms with Crippen LogP contribution in [0.25, 0.3) is 32.7 Å². The number of pyridine rings is 1. The highest BCUT2D eigenvalue weighted by Gasteiger charge is 2.10. The summed E-state index contributed by atoms with van der Waals surface area (Å²) in [4.78, 5) is 13.0. The summed E-state index contributed by atoms with van der Waals surface area (Å²) in [5.41, 5.74) is 3.12. The quantitative estimate of drug-likeness (QED) is 0.345. The van der Waals surface area contributed by atoms with Gasteiger partial charge in [-0.15, -0.1) is 0 Å². The van der Waals surface area contributed by atoms with Gasteiger partial charge in [-0.3, -0.25) is 0 Å². The lowest BCUT2D eigenvalue weighted by molar-refractivity contribution is 1.13. The Balaban J connectivity index is 1.57. The second-order valence-electron chi connectivity index (χ2n) is 5.97. The lowest BCUT2D eigenvalue weighted by atomic mass is 10.1. The van der Waals surface area contributed by atoms with Gasteiger partial charge >= 0.3 is 0 Å². The summed E-state index contributed by atoms with van der Waals surface area (Å²) in [7, 11) is 0. The topological polar surface area (TPSA) is 41.6 Å². The molecule has 3 nitrogen and oxygen atoms in total.